The number of nitrogens with zero attached hydrogens (tertiary/aromatic N) is 1. The number of halogens is 1. The molecule has 0 bridgehead atoms. The second kappa shape index (κ2) is 7.77. The minimum atomic E-state index is -0.906. The standard InChI is InChI=1S/C13H15BrN2O3/c1-19-6-2-3-12(13(17)18)16-10-5-4-9(8-15)11(14)7-10/h4-5,7,12,16H,2-3,6H2,1H3,(H,17,18). The fraction of sp³-hybridized carbons (Fsp3) is 0.385. The smallest absolute Gasteiger partial charge is 0.326 e. The summed E-state index contributed by atoms with van der Waals surface area (Å²) >= 11 is 3.27. The lowest BCUT2D eigenvalue weighted by Gasteiger charge is -2.16. The third-order valence-corrected chi connectivity index (χ3v) is 3.23. The minimum absolute atomic E-state index is 0.473. The van der Waals surface area contributed by atoms with Gasteiger partial charge in [-0.05, 0) is 47.0 Å². The minimum Gasteiger partial charge on any atom is -0.480 e. The third-order valence-electron chi connectivity index (χ3n) is 2.57. The molecule has 0 fully saturated rings. The number of anilines is 1. The monoisotopic (exact) mass is 326 g/mol. The molecule has 1 aromatic carbocycles. The summed E-state index contributed by atoms with van der Waals surface area (Å²) in [7, 11) is 1.58. The fourth-order valence-corrected chi connectivity index (χ4v) is 2.05. The molecule has 2 N–H and O–H groups in total. The lowest BCUT2D eigenvalue weighted by molar-refractivity contribution is -0.138. The Hall–Kier alpha value is -1.58. The molecule has 0 radical (unpaired) electrons. The van der Waals surface area contributed by atoms with Gasteiger partial charge in [0.1, 0.15) is 12.1 Å². The number of hydrogen-bond acceptors (Lipinski definition) is 4. The van der Waals surface area contributed by atoms with Crippen molar-refractivity contribution in [3.63, 3.8) is 0 Å². The highest BCUT2D eigenvalue weighted by molar-refractivity contribution is 9.10. The molecule has 102 valence electrons. The number of nitriles is 1. The summed E-state index contributed by atoms with van der Waals surface area (Å²) in [6, 6.07) is 6.39. The van der Waals surface area contributed by atoms with Gasteiger partial charge in [-0.25, -0.2) is 4.79 Å². The van der Waals surface area contributed by atoms with E-state index in [1.165, 1.54) is 0 Å². The van der Waals surface area contributed by atoms with Crippen molar-refractivity contribution >= 4 is 27.6 Å². The van der Waals surface area contributed by atoms with E-state index in [0.717, 1.165) is 0 Å². The van der Waals surface area contributed by atoms with Crippen molar-refractivity contribution in [2.24, 2.45) is 0 Å². The van der Waals surface area contributed by atoms with Crippen molar-refractivity contribution in [3.8, 4) is 6.07 Å². The largest absolute Gasteiger partial charge is 0.480 e. The Morgan fingerprint density at radius 1 is 1.63 bits per heavy atom. The molecule has 19 heavy (non-hydrogen) atoms. The number of aliphatic carboxylic acids is 1. The molecular weight excluding hydrogens is 312 g/mol. The molecular formula is C13H15BrN2O3. The summed E-state index contributed by atoms with van der Waals surface area (Å²) < 4.78 is 5.55. The molecule has 1 aromatic rings. The second-order valence-electron chi connectivity index (χ2n) is 3.98. The Morgan fingerprint density at radius 2 is 2.37 bits per heavy atom. The molecule has 0 amide bonds. The maximum atomic E-state index is 11.1. The highest BCUT2D eigenvalue weighted by Crippen LogP contribution is 2.22. The van der Waals surface area contributed by atoms with E-state index in [9.17, 15) is 4.79 Å². The van der Waals surface area contributed by atoms with Crippen molar-refractivity contribution in [2.75, 3.05) is 19.0 Å². The number of nitrogens with one attached hydrogen (secondary N) is 1. The van der Waals surface area contributed by atoms with E-state index in [4.69, 9.17) is 15.1 Å². The van der Waals surface area contributed by atoms with Gasteiger partial charge in [0.05, 0.1) is 5.56 Å². The number of benzene rings is 1. The zero-order valence-electron chi connectivity index (χ0n) is 10.5. The lowest BCUT2D eigenvalue weighted by Crippen LogP contribution is -2.29. The van der Waals surface area contributed by atoms with Crippen LogP contribution in [0.3, 0.4) is 0 Å². The third kappa shape index (κ3) is 4.89. The van der Waals surface area contributed by atoms with Crippen molar-refractivity contribution in [1.82, 2.24) is 0 Å². The number of methoxy groups -OCH3 is 1. The molecule has 1 atom stereocenters. The average molecular weight is 327 g/mol. The molecule has 0 aliphatic rings. The number of carbonyl (C=O) groups is 1. The Kier molecular flexibility index (Phi) is 6.33. The zero-order valence-corrected chi connectivity index (χ0v) is 12.1. The summed E-state index contributed by atoms with van der Waals surface area (Å²) in [5.41, 5.74) is 1.17. The van der Waals surface area contributed by atoms with Crippen LogP contribution >= 0.6 is 15.9 Å². The summed E-state index contributed by atoms with van der Waals surface area (Å²) in [5, 5.41) is 20.9. The van der Waals surface area contributed by atoms with Gasteiger partial charge in [-0.15, -0.1) is 0 Å². The molecule has 1 rings (SSSR count). The van der Waals surface area contributed by atoms with Crippen LogP contribution in [0.5, 0.6) is 0 Å². The van der Waals surface area contributed by atoms with E-state index >= 15 is 0 Å². The van der Waals surface area contributed by atoms with Gasteiger partial charge < -0.3 is 15.2 Å². The fourth-order valence-electron chi connectivity index (χ4n) is 1.59. The van der Waals surface area contributed by atoms with Crippen molar-refractivity contribution < 1.29 is 14.6 Å². The van der Waals surface area contributed by atoms with Crippen LogP contribution < -0.4 is 5.32 Å². The van der Waals surface area contributed by atoms with Crippen molar-refractivity contribution in [1.29, 1.82) is 5.26 Å². The van der Waals surface area contributed by atoms with E-state index in [0.29, 0.717) is 35.2 Å². The van der Waals surface area contributed by atoms with Gasteiger partial charge in [0, 0.05) is 23.9 Å². The van der Waals surface area contributed by atoms with Crippen LogP contribution in [0.15, 0.2) is 22.7 Å². The summed E-state index contributed by atoms with van der Waals surface area (Å²) in [5.74, 6) is -0.906. The average Bonchev–Trinajstić information content (AvgIpc) is 2.38. The number of rotatable bonds is 7. The van der Waals surface area contributed by atoms with Crippen LogP contribution in [0, 0.1) is 11.3 Å². The molecule has 6 heteroatoms. The quantitative estimate of drug-likeness (QED) is 0.752. The first kappa shape index (κ1) is 15.5. The predicted molar refractivity (Wildman–Crippen MR) is 75.0 cm³/mol. The zero-order chi connectivity index (χ0) is 14.3. The molecule has 0 saturated heterocycles. The van der Waals surface area contributed by atoms with Crippen LogP contribution in [0.4, 0.5) is 5.69 Å². The van der Waals surface area contributed by atoms with Crippen LogP contribution in [0.2, 0.25) is 0 Å². The SMILES string of the molecule is COCCCC(Nc1ccc(C#N)c(Br)c1)C(=O)O. The Labute approximate surface area is 120 Å². The Balaban J connectivity index is 2.71. The maximum absolute atomic E-state index is 11.1. The predicted octanol–water partition coefficient (Wildman–Crippen LogP) is 2.61. The van der Waals surface area contributed by atoms with Gasteiger partial charge in [0.15, 0.2) is 0 Å². The van der Waals surface area contributed by atoms with Gasteiger partial charge in [0.25, 0.3) is 0 Å². The summed E-state index contributed by atoms with van der Waals surface area (Å²) in [4.78, 5) is 11.1. The van der Waals surface area contributed by atoms with Gasteiger partial charge >= 0.3 is 5.97 Å². The molecule has 0 aromatic heterocycles. The Morgan fingerprint density at radius 3 is 2.89 bits per heavy atom. The normalized spacial score (nSPS) is 11.6. The molecule has 0 spiro atoms. The summed E-state index contributed by atoms with van der Waals surface area (Å²) in [6.07, 6.45) is 1.14. The summed E-state index contributed by atoms with van der Waals surface area (Å²) in [6.45, 7) is 0.530. The van der Waals surface area contributed by atoms with Crippen molar-refractivity contribution in [2.45, 2.75) is 18.9 Å². The van der Waals surface area contributed by atoms with E-state index in [1.807, 2.05) is 6.07 Å². The second-order valence-corrected chi connectivity index (χ2v) is 4.83. The molecule has 0 saturated carbocycles. The number of ether oxygens (including phenoxy) is 1. The van der Waals surface area contributed by atoms with E-state index in [-0.39, 0.29) is 0 Å². The van der Waals surface area contributed by atoms with Gasteiger partial charge in [0.2, 0.25) is 0 Å². The van der Waals surface area contributed by atoms with E-state index < -0.39 is 12.0 Å². The van der Waals surface area contributed by atoms with Gasteiger partial charge in [-0.3, -0.25) is 0 Å². The van der Waals surface area contributed by atoms with E-state index in [2.05, 4.69) is 21.2 Å². The first-order valence-corrected chi connectivity index (χ1v) is 6.55. The highest BCUT2D eigenvalue weighted by atomic mass is 79.9. The van der Waals surface area contributed by atoms with Gasteiger partial charge in [-0.1, -0.05) is 0 Å². The molecule has 0 heterocycles. The first-order chi connectivity index (χ1) is 9.08. The Bertz CT molecular complexity index is 485. The van der Waals surface area contributed by atoms with Crippen LogP contribution in [-0.2, 0) is 9.53 Å². The molecule has 5 nitrogen and oxygen atoms in total. The van der Waals surface area contributed by atoms with Crippen LogP contribution in [0.25, 0.3) is 0 Å². The van der Waals surface area contributed by atoms with E-state index in [1.54, 1.807) is 25.3 Å². The number of hydrogen-bond donors (Lipinski definition) is 2. The number of carboxylic acids is 1. The van der Waals surface area contributed by atoms with Crippen LogP contribution in [-0.4, -0.2) is 30.8 Å². The van der Waals surface area contributed by atoms with Gasteiger partial charge in [-0.2, -0.15) is 5.26 Å². The van der Waals surface area contributed by atoms with Crippen molar-refractivity contribution in [3.05, 3.63) is 28.2 Å². The first-order valence-electron chi connectivity index (χ1n) is 5.76. The van der Waals surface area contributed by atoms with Crippen LogP contribution in [0.1, 0.15) is 18.4 Å². The highest BCUT2D eigenvalue weighted by Gasteiger charge is 2.16. The topological polar surface area (TPSA) is 82.3 Å². The lowest BCUT2D eigenvalue weighted by atomic mass is 10.1. The maximum Gasteiger partial charge on any atom is 0.326 e. The molecule has 0 aliphatic heterocycles. The molecule has 0 aliphatic carbocycles. The molecule has 1 unspecified atom stereocenters. The number of carboxylic acid groups (broad SMARTS) is 1.